The summed E-state index contributed by atoms with van der Waals surface area (Å²) >= 11 is 0. The highest BCUT2D eigenvalue weighted by Gasteiger charge is 1.84. The number of oxime groups is 1. The number of hydrogen-bond acceptors (Lipinski definition) is 3. The second-order valence-corrected chi connectivity index (χ2v) is 1.51. The third kappa shape index (κ3) is 5.03. The zero-order valence-corrected chi connectivity index (χ0v) is 5.76. The second-order valence-electron chi connectivity index (χ2n) is 1.51. The smallest absolute Gasteiger partial charge is 0.106 e. The summed E-state index contributed by atoms with van der Waals surface area (Å²) in [6, 6.07) is 0. The standard InChI is InChI=1S/C6H11NO2/c1-6(5-8-2)4-7-9-3/h4H,1,5H2,2-3H3/b7-4+. The summed E-state index contributed by atoms with van der Waals surface area (Å²) in [4.78, 5) is 4.41. The monoisotopic (exact) mass is 129 g/mol. The Morgan fingerprint density at radius 2 is 2.33 bits per heavy atom. The highest BCUT2D eigenvalue weighted by atomic mass is 16.6. The minimum Gasteiger partial charge on any atom is -0.399 e. The highest BCUT2D eigenvalue weighted by molar-refractivity contribution is 5.77. The van der Waals surface area contributed by atoms with Crippen LogP contribution in [0, 0.1) is 0 Å². The van der Waals surface area contributed by atoms with Crippen LogP contribution >= 0.6 is 0 Å². The van der Waals surface area contributed by atoms with Gasteiger partial charge in [-0.3, -0.25) is 0 Å². The van der Waals surface area contributed by atoms with Gasteiger partial charge in [0, 0.05) is 7.11 Å². The minimum atomic E-state index is 0.493. The largest absolute Gasteiger partial charge is 0.399 e. The third-order valence-corrected chi connectivity index (χ3v) is 0.670. The van der Waals surface area contributed by atoms with Crippen LogP contribution in [0.2, 0.25) is 0 Å². The van der Waals surface area contributed by atoms with Crippen molar-refractivity contribution in [3.05, 3.63) is 12.2 Å². The maximum atomic E-state index is 4.75. The Morgan fingerprint density at radius 3 is 2.78 bits per heavy atom. The Hall–Kier alpha value is -0.830. The van der Waals surface area contributed by atoms with Gasteiger partial charge >= 0.3 is 0 Å². The Bertz CT molecular complexity index is 110. The maximum absolute atomic E-state index is 4.75. The molecule has 0 unspecified atom stereocenters. The molecule has 0 aliphatic rings. The van der Waals surface area contributed by atoms with Gasteiger partial charge in [-0.25, -0.2) is 0 Å². The molecule has 9 heavy (non-hydrogen) atoms. The lowest BCUT2D eigenvalue weighted by molar-refractivity contribution is 0.212. The Balaban J connectivity index is 3.37. The summed E-state index contributed by atoms with van der Waals surface area (Å²) in [6.45, 7) is 4.12. The van der Waals surface area contributed by atoms with Gasteiger partial charge in [0.15, 0.2) is 0 Å². The topological polar surface area (TPSA) is 30.8 Å². The van der Waals surface area contributed by atoms with E-state index in [4.69, 9.17) is 4.74 Å². The minimum absolute atomic E-state index is 0.493. The molecular formula is C6H11NO2. The highest BCUT2D eigenvalue weighted by Crippen LogP contribution is 1.84. The molecule has 0 aliphatic heterocycles. The number of ether oxygens (including phenoxy) is 1. The van der Waals surface area contributed by atoms with Crippen LogP contribution in [-0.4, -0.2) is 27.0 Å². The lowest BCUT2D eigenvalue weighted by Crippen LogP contribution is -1.93. The molecule has 0 atom stereocenters. The molecule has 0 saturated carbocycles. The summed E-state index contributed by atoms with van der Waals surface area (Å²) in [6.07, 6.45) is 1.52. The van der Waals surface area contributed by atoms with Crippen LogP contribution < -0.4 is 0 Å². The third-order valence-electron chi connectivity index (χ3n) is 0.670. The van der Waals surface area contributed by atoms with E-state index in [2.05, 4.69) is 16.6 Å². The lowest BCUT2D eigenvalue weighted by Gasteiger charge is -1.93. The van der Waals surface area contributed by atoms with E-state index < -0.39 is 0 Å². The first-order chi connectivity index (χ1) is 4.31. The van der Waals surface area contributed by atoms with Gasteiger partial charge in [-0.2, -0.15) is 0 Å². The van der Waals surface area contributed by atoms with Gasteiger partial charge in [-0.15, -0.1) is 0 Å². The van der Waals surface area contributed by atoms with Crippen molar-refractivity contribution >= 4 is 6.21 Å². The molecule has 0 heterocycles. The Morgan fingerprint density at radius 1 is 1.67 bits per heavy atom. The van der Waals surface area contributed by atoms with Crippen molar-refractivity contribution in [2.75, 3.05) is 20.8 Å². The van der Waals surface area contributed by atoms with E-state index in [1.165, 1.54) is 13.3 Å². The van der Waals surface area contributed by atoms with Gasteiger partial charge in [0.1, 0.15) is 7.11 Å². The van der Waals surface area contributed by atoms with Gasteiger partial charge in [0.2, 0.25) is 0 Å². The van der Waals surface area contributed by atoms with Gasteiger partial charge in [0.25, 0.3) is 0 Å². The van der Waals surface area contributed by atoms with Gasteiger partial charge in [-0.1, -0.05) is 11.7 Å². The number of nitrogens with zero attached hydrogens (tertiary/aromatic N) is 1. The molecule has 0 aromatic rings. The quantitative estimate of drug-likeness (QED) is 0.415. The van der Waals surface area contributed by atoms with E-state index in [-0.39, 0.29) is 0 Å². The Labute approximate surface area is 55.0 Å². The first kappa shape index (κ1) is 8.17. The molecule has 52 valence electrons. The van der Waals surface area contributed by atoms with Crippen LogP contribution in [0.3, 0.4) is 0 Å². The molecule has 0 spiro atoms. The second kappa shape index (κ2) is 5.31. The molecule has 0 aromatic carbocycles. The zero-order chi connectivity index (χ0) is 7.11. The van der Waals surface area contributed by atoms with E-state index in [9.17, 15) is 0 Å². The van der Waals surface area contributed by atoms with Crippen molar-refractivity contribution in [3.63, 3.8) is 0 Å². The maximum Gasteiger partial charge on any atom is 0.106 e. The van der Waals surface area contributed by atoms with Crippen molar-refractivity contribution in [1.82, 2.24) is 0 Å². The fourth-order valence-electron chi connectivity index (χ4n) is 0.350. The number of hydrogen-bond donors (Lipinski definition) is 0. The van der Waals surface area contributed by atoms with E-state index >= 15 is 0 Å². The van der Waals surface area contributed by atoms with Crippen LogP contribution in [0.25, 0.3) is 0 Å². The molecule has 0 bridgehead atoms. The summed E-state index contributed by atoms with van der Waals surface area (Å²) in [7, 11) is 3.09. The fraction of sp³-hybridized carbons (Fsp3) is 0.500. The predicted molar refractivity (Wildman–Crippen MR) is 36.5 cm³/mol. The summed E-state index contributed by atoms with van der Waals surface area (Å²) in [5, 5.41) is 3.49. The molecule has 3 nitrogen and oxygen atoms in total. The molecule has 0 aliphatic carbocycles. The van der Waals surface area contributed by atoms with Crippen LogP contribution in [0.5, 0.6) is 0 Å². The lowest BCUT2D eigenvalue weighted by atomic mass is 10.4. The van der Waals surface area contributed by atoms with Crippen LogP contribution in [0.4, 0.5) is 0 Å². The van der Waals surface area contributed by atoms with Crippen molar-refractivity contribution < 1.29 is 9.57 Å². The van der Waals surface area contributed by atoms with Crippen LogP contribution in [0.1, 0.15) is 0 Å². The van der Waals surface area contributed by atoms with Crippen LogP contribution in [0.15, 0.2) is 17.3 Å². The number of rotatable bonds is 4. The molecule has 3 heteroatoms. The Kier molecular flexibility index (Phi) is 4.82. The zero-order valence-electron chi connectivity index (χ0n) is 5.76. The first-order valence-electron chi connectivity index (χ1n) is 2.54. The molecule has 0 N–H and O–H groups in total. The predicted octanol–water partition coefficient (Wildman–Crippen LogP) is 0.821. The summed E-state index contributed by atoms with van der Waals surface area (Å²) < 4.78 is 4.75. The molecule has 0 aromatic heterocycles. The van der Waals surface area contributed by atoms with Crippen molar-refractivity contribution in [2.24, 2.45) is 5.16 Å². The average Bonchev–Trinajstić information content (AvgIpc) is 1.85. The van der Waals surface area contributed by atoms with Gasteiger partial charge in [-0.05, 0) is 5.57 Å². The first-order valence-corrected chi connectivity index (χ1v) is 2.54. The fourth-order valence-corrected chi connectivity index (χ4v) is 0.350. The van der Waals surface area contributed by atoms with Crippen molar-refractivity contribution in [2.45, 2.75) is 0 Å². The molecule has 0 fully saturated rings. The van der Waals surface area contributed by atoms with E-state index in [0.29, 0.717) is 6.61 Å². The van der Waals surface area contributed by atoms with Gasteiger partial charge in [0.05, 0.1) is 12.8 Å². The normalized spacial score (nSPS) is 10.0. The van der Waals surface area contributed by atoms with Crippen LogP contribution in [-0.2, 0) is 9.57 Å². The van der Waals surface area contributed by atoms with Gasteiger partial charge < -0.3 is 9.57 Å². The number of methoxy groups -OCH3 is 1. The molecule has 0 saturated heterocycles. The summed E-state index contributed by atoms with van der Waals surface area (Å²) in [5.41, 5.74) is 0.791. The average molecular weight is 129 g/mol. The summed E-state index contributed by atoms with van der Waals surface area (Å²) in [5.74, 6) is 0. The van der Waals surface area contributed by atoms with Crippen molar-refractivity contribution in [3.8, 4) is 0 Å². The van der Waals surface area contributed by atoms with E-state index in [0.717, 1.165) is 5.57 Å². The van der Waals surface area contributed by atoms with E-state index in [1.54, 1.807) is 7.11 Å². The molecule has 0 amide bonds. The molecule has 0 rings (SSSR count). The van der Waals surface area contributed by atoms with E-state index in [1.807, 2.05) is 0 Å². The molecule has 0 radical (unpaired) electrons. The SMILES string of the molecule is C=C(/C=N/OC)COC. The molecular weight excluding hydrogens is 118 g/mol. The van der Waals surface area contributed by atoms with Crippen molar-refractivity contribution in [1.29, 1.82) is 0 Å².